The van der Waals surface area contributed by atoms with Crippen molar-refractivity contribution in [2.24, 2.45) is 5.92 Å². The predicted molar refractivity (Wildman–Crippen MR) is 289 cm³/mol. The minimum Gasteiger partial charge on any atom is -0.462 e. The maximum Gasteiger partial charge on any atom is 0.306 e. The fraction of sp³-hybridized carbons (Fsp3) is 0.951. The van der Waals surface area contributed by atoms with Crippen molar-refractivity contribution in [3.05, 3.63) is 0 Å². The maximum absolute atomic E-state index is 12.9. The summed E-state index contributed by atoms with van der Waals surface area (Å²) in [6, 6.07) is 0. The van der Waals surface area contributed by atoms with Crippen LogP contribution in [0.2, 0.25) is 0 Å². The van der Waals surface area contributed by atoms with Gasteiger partial charge in [-0.2, -0.15) is 0 Å². The Hall–Kier alpha value is -1.59. The summed E-state index contributed by atoms with van der Waals surface area (Å²) in [4.78, 5) is 38.2. The molecule has 0 aliphatic heterocycles. The van der Waals surface area contributed by atoms with Crippen molar-refractivity contribution >= 4 is 17.9 Å². The van der Waals surface area contributed by atoms with Gasteiger partial charge in [0.25, 0.3) is 0 Å². The molecule has 0 radical (unpaired) electrons. The Morgan fingerprint density at radius 1 is 0.284 bits per heavy atom. The van der Waals surface area contributed by atoms with Crippen molar-refractivity contribution in [3.8, 4) is 0 Å². The highest BCUT2D eigenvalue weighted by Crippen LogP contribution is 2.18. The summed E-state index contributed by atoms with van der Waals surface area (Å²) in [6.45, 7) is 9.08. The van der Waals surface area contributed by atoms with Gasteiger partial charge >= 0.3 is 17.9 Å². The number of hydrogen-bond donors (Lipinski definition) is 0. The van der Waals surface area contributed by atoms with Gasteiger partial charge in [0.2, 0.25) is 0 Å². The van der Waals surface area contributed by atoms with Gasteiger partial charge in [-0.05, 0) is 25.2 Å². The summed E-state index contributed by atoms with van der Waals surface area (Å²) >= 11 is 0. The number of ether oxygens (including phenoxy) is 3. The number of carbonyl (C=O) groups is 3. The first kappa shape index (κ1) is 65.4. The average Bonchev–Trinajstić information content (AvgIpc) is 3.31. The quantitative estimate of drug-likeness (QED) is 0.0343. The van der Waals surface area contributed by atoms with E-state index in [4.69, 9.17) is 14.2 Å². The molecule has 67 heavy (non-hydrogen) atoms. The van der Waals surface area contributed by atoms with Crippen molar-refractivity contribution < 1.29 is 28.6 Å². The van der Waals surface area contributed by atoms with E-state index in [0.29, 0.717) is 19.3 Å². The summed E-state index contributed by atoms with van der Waals surface area (Å²) in [5.74, 6) is 0.0200. The van der Waals surface area contributed by atoms with E-state index in [1.54, 1.807) is 0 Å². The van der Waals surface area contributed by atoms with Crippen LogP contribution in [0, 0.1) is 5.92 Å². The number of esters is 3. The molecule has 0 unspecified atom stereocenters. The van der Waals surface area contributed by atoms with Crippen molar-refractivity contribution in [1.82, 2.24) is 0 Å². The fourth-order valence-electron chi connectivity index (χ4n) is 9.46. The lowest BCUT2D eigenvalue weighted by molar-refractivity contribution is -0.167. The minimum atomic E-state index is -0.762. The standard InChI is InChI=1S/C61H118O6/c1-5-7-9-11-13-15-17-18-19-20-21-22-27-30-34-38-42-46-50-54-61(64)67-58(55-65-59(62)52-48-44-40-36-31-16-14-12-10-8-6-2)56-66-60(63)53-49-45-41-37-33-29-26-24-23-25-28-32-35-39-43-47-51-57(3)4/h57-58H,5-56H2,1-4H3/t58-/m0/s1. The molecule has 0 N–H and O–H groups in total. The largest absolute Gasteiger partial charge is 0.462 e. The Morgan fingerprint density at radius 3 is 0.731 bits per heavy atom. The zero-order valence-corrected chi connectivity index (χ0v) is 45.9. The number of carbonyl (C=O) groups excluding carboxylic acids is 3. The first-order valence-corrected chi connectivity index (χ1v) is 30.4. The molecule has 398 valence electrons. The molecule has 0 spiro atoms. The van der Waals surface area contributed by atoms with Crippen LogP contribution < -0.4 is 0 Å². The van der Waals surface area contributed by atoms with E-state index in [2.05, 4.69) is 27.7 Å². The molecule has 0 saturated heterocycles. The van der Waals surface area contributed by atoms with Gasteiger partial charge in [-0.1, -0.05) is 310 Å². The minimum absolute atomic E-state index is 0.0616. The molecule has 6 nitrogen and oxygen atoms in total. The second kappa shape index (κ2) is 55.3. The van der Waals surface area contributed by atoms with Crippen LogP contribution in [0.5, 0.6) is 0 Å². The highest BCUT2D eigenvalue weighted by molar-refractivity contribution is 5.71. The molecule has 0 aromatic heterocycles. The topological polar surface area (TPSA) is 78.9 Å². The molecule has 0 aliphatic carbocycles. The van der Waals surface area contributed by atoms with Crippen molar-refractivity contribution in [1.29, 1.82) is 0 Å². The summed E-state index contributed by atoms with van der Waals surface area (Å²) in [6.07, 6.45) is 61.0. The number of hydrogen-bond acceptors (Lipinski definition) is 6. The van der Waals surface area contributed by atoms with Gasteiger partial charge < -0.3 is 14.2 Å². The first-order valence-electron chi connectivity index (χ1n) is 30.4. The molecule has 0 heterocycles. The normalized spacial score (nSPS) is 12.0. The van der Waals surface area contributed by atoms with Gasteiger partial charge in [-0.15, -0.1) is 0 Å². The SMILES string of the molecule is CCCCCCCCCCCCCCCCCCCCCC(=O)O[C@@H](COC(=O)CCCCCCCCCCCCC)COC(=O)CCCCCCCCCCCCCCCCCCC(C)C. The Morgan fingerprint density at radius 2 is 0.493 bits per heavy atom. The van der Waals surface area contributed by atoms with E-state index in [1.165, 1.54) is 244 Å². The summed E-state index contributed by atoms with van der Waals surface area (Å²) in [5, 5.41) is 0. The Kier molecular flexibility index (Phi) is 54.0. The third-order valence-electron chi connectivity index (χ3n) is 14.0. The van der Waals surface area contributed by atoms with E-state index in [0.717, 1.165) is 63.7 Å². The molecule has 0 saturated carbocycles. The molecule has 0 amide bonds. The van der Waals surface area contributed by atoms with Crippen LogP contribution in [0.1, 0.15) is 349 Å². The summed E-state index contributed by atoms with van der Waals surface area (Å²) < 4.78 is 16.9. The van der Waals surface area contributed by atoms with Crippen LogP contribution in [0.3, 0.4) is 0 Å². The average molecular weight is 948 g/mol. The molecule has 0 fully saturated rings. The monoisotopic (exact) mass is 947 g/mol. The van der Waals surface area contributed by atoms with Crippen LogP contribution >= 0.6 is 0 Å². The highest BCUT2D eigenvalue weighted by atomic mass is 16.6. The fourth-order valence-corrected chi connectivity index (χ4v) is 9.46. The lowest BCUT2D eigenvalue weighted by Gasteiger charge is -2.18. The van der Waals surface area contributed by atoms with Crippen LogP contribution in [-0.4, -0.2) is 37.2 Å². The summed E-state index contributed by atoms with van der Waals surface area (Å²) in [7, 11) is 0. The molecular formula is C61H118O6. The van der Waals surface area contributed by atoms with Gasteiger partial charge in [0.15, 0.2) is 6.10 Å². The van der Waals surface area contributed by atoms with E-state index < -0.39 is 6.10 Å². The van der Waals surface area contributed by atoms with Crippen LogP contribution in [-0.2, 0) is 28.6 Å². The van der Waals surface area contributed by atoms with Crippen LogP contribution in [0.15, 0.2) is 0 Å². The lowest BCUT2D eigenvalue weighted by atomic mass is 10.0. The molecule has 0 aromatic rings. The van der Waals surface area contributed by atoms with E-state index in [-0.39, 0.29) is 31.1 Å². The molecular weight excluding hydrogens is 829 g/mol. The number of rotatable bonds is 56. The Bertz CT molecular complexity index is 1010. The number of unbranched alkanes of at least 4 members (excludes halogenated alkanes) is 43. The van der Waals surface area contributed by atoms with E-state index >= 15 is 0 Å². The van der Waals surface area contributed by atoms with Crippen LogP contribution in [0.4, 0.5) is 0 Å². The van der Waals surface area contributed by atoms with Gasteiger partial charge in [0, 0.05) is 19.3 Å². The molecule has 6 heteroatoms. The maximum atomic E-state index is 12.9. The van der Waals surface area contributed by atoms with Gasteiger partial charge in [-0.3, -0.25) is 14.4 Å². The molecule has 0 aromatic carbocycles. The second-order valence-electron chi connectivity index (χ2n) is 21.5. The zero-order valence-electron chi connectivity index (χ0n) is 45.9. The van der Waals surface area contributed by atoms with E-state index in [1.807, 2.05) is 0 Å². The molecule has 0 aliphatic rings. The Labute approximate surface area is 418 Å². The van der Waals surface area contributed by atoms with Crippen molar-refractivity contribution in [3.63, 3.8) is 0 Å². The lowest BCUT2D eigenvalue weighted by Crippen LogP contribution is -2.30. The molecule has 1 atom stereocenters. The zero-order chi connectivity index (χ0) is 48.8. The van der Waals surface area contributed by atoms with Gasteiger partial charge in [0.1, 0.15) is 13.2 Å². The predicted octanol–water partition coefficient (Wildman–Crippen LogP) is 20.2. The van der Waals surface area contributed by atoms with Crippen molar-refractivity contribution in [2.75, 3.05) is 13.2 Å². The van der Waals surface area contributed by atoms with Gasteiger partial charge in [0.05, 0.1) is 0 Å². The smallest absolute Gasteiger partial charge is 0.306 e. The Balaban J connectivity index is 4.23. The molecule has 0 rings (SSSR count). The third kappa shape index (κ3) is 55.2. The first-order chi connectivity index (χ1) is 32.9. The van der Waals surface area contributed by atoms with Crippen molar-refractivity contribution in [2.45, 2.75) is 355 Å². The van der Waals surface area contributed by atoms with Crippen LogP contribution in [0.25, 0.3) is 0 Å². The molecule has 0 bridgehead atoms. The second-order valence-corrected chi connectivity index (χ2v) is 21.5. The third-order valence-corrected chi connectivity index (χ3v) is 14.0. The summed E-state index contributed by atoms with van der Waals surface area (Å²) in [5.41, 5.74) is 0. The van der Waals surface area contributed by atoms with Gasteiger partial charge in [-0.25, -0.2) is 0 Å². The highest BCUT2D eigenvalue weighted by Gasteiger charge is 2.19. The van der Waals surface area contributed by atoms with E-state index in [9.17, 15) is 14.4 Å².